The molecule has 0 unspecified atom stereocenters. The molecule has 0 radical (unpaired) electrons. The first-order valence-corrected chi connectivity index (χ1v) is 8.48. The third kappa shape index (κ3) is 3.42. The Kier molecular flexibility index (Phi) is 4.38. The number of rotatable bonds is 4. The van der Waals surface area contributed by atoms with E-state index in [1.165, 1.54) is 7.11 Å². The second-order valence-electron chi connectivity index (χ2n) is 6.16. The van der Waals surface area contributed by atoms with Gasteiger partial charge in [0.25, 0.3) is 0 Å². The molecule has 4 rings (SSSR count). The molecule has 3 aromatic heterocycles. The average Bonchev–Trinajstić information content (AvgIpc) is 3.17. The first kappa shape index (κ1) is 16.9. The summed E-state index contributed by atoms with van der Waals surface area (Å²) in [5.41, 5.74) is 5.48. The molecule has 0 saturated carbocycles. The van der Waals surface area contributed by atoms with Crippen molar-refractivity contribution in [3.8, 4) is 11.3 Å². The van der Waals surface area contributed by atoms with Gasteiger partial charge < -0.3 is 9.15 Å². The highest BCUT2D eigenvalue weighted by atomic mass is 16.5. The molecule has 6 nitrogen and oxygen atoms in total. The van der Waals surface area contributed by atoms with Crippen LogP contribution in [0.5, 0.6) is 0 Å². The Morgan fingerprint density at radius 2 is 1.93 bits per heavy atom. The van der Waals surface area contributed by atoms with E-state index in [1.807, 2.05) is 37.3 Å². The SMILES string of the molecule is COC(=O)c1cc(Cc2ccc(-c3ccnc(C)n3)cc2)c2occc2n1. The molecular formula is C21H17N3O3. The average molecular weight is 359 g/mol. The normalized spacial score (nSPS) is 10.9. The van der Waals surface area contributed by atoms with Crippen LogP contribution < -0.4 is 0 Å². The number of hydrogen-bond acceptors (Lipinski definition) is 6. The second-order valence-corrected chi connectivity index (χ2v) is 6.16. The minimum absolute atomic E-state index is 0.273. The lowest BCUT2D eigenvalue weighted by Crippen LogP contribution is -2.05. The number of nitrogens with zero attached hydrogens (tertiary/aromatic N) is 3. The number of carbonyl (C=O) groups excluding carboxylic acids is 1. The van der Waals surface area contributed by atoms with Gasteiger partial charge in [-0.05, 0) is 24.6 Å². The van der Waals surface area contributed by atoms with E-state index in [1.54, 1.807) is 24.6 Å². The molecule has 0 atom stereocenters. The number of methoxy groups -OCH3 is 1. The van der Waals surface area contributed by atoms with E-state index in [0.717, 1.165) is 28.2 Å². The molecule has 1 aromatic carbocycles. The number of aromatic nitrogens is 3. The molecule has 0 aliphatic rings. The number of fused-ring (bicyclic) bond motifs is 1. The van der Waals surface area contributed by atoms with Gasteiger partial charge in [-0.2, -0.15) is 0 Å². The van der Waals surface area contributed by atoms with Crippen LogP contribution in [0, 0.1) is 6.92 Å². The fourth-order valence-corrected chi connectivity index (χ4v) is 2.99. The van der Waals surface area contributed by atoms with Crippen LogP contribution in [0.25, 0.3) is 22.4 Å². The van der Waals surface area contributed by atoms with Gasteiger partial charge in [-0.15, -0.1) is 0 Å². The third-order valence-corrected chi connectivity index (χ3v) is 4.30. The van der Waals surface area contributed by atoms with E-state index in [-0.39, 0.29) is 5.69 Å². The van der Waals surface area contributed by atoms with E-state index in [2.05, 4.69) is 15.0 Å². The number of carbonyl (C=O) groups is 1. The fraction of sp³-hybridized carbons (Fsp3) is 0.143. The van der Waals surface area contributed by atoms with Crippen LogP contribution in [0.1, 0.15) is 27.4 Å². The number of aryl methyl sites for hydroxylation is 1. The monoisotopic (exact) mass is 359 g/mol. The lowest BCUT2D eigenvalue weighted by atomic mass is 10.0. The van der Waals surface area contributed by atoms with Crippen LogP contribution in [0.2, 0.25) is 0 Å². The molecule has 0 aliphatic heterocycles. The molecule has 0 fully saturated rings. The molecule has 4 aromatic rings. The number of ether oxygens (including phenoxy) is 1. The van der Waals surface area contributed by atoms with E-state index in [0.29, 0.717) is 17.5 Å². The van der Waals surface area contributed by atoms with Gasteiger partial charge in [-0.25, -0.2) is 19.7 Å². The van der Waals surface area contributed by atoms with Gasteiger partial charge in [-0.3, -0.25) is 0 Å². The number of pyridine rings is 1. The van der Waals surface area contributed by atoms with E-state index in [9.17, 15) is 4.79 Å². The lowest BCUT2D eigenvalue weighted by molar-refractivity contribution is 0.0594. The Morgan fingerprint density at radius 3 is 2.67 bits per heavy atom. The molecular weight excluding hydrogens is 342 g/mol. The zero-order valence-corrected chi connectivity index (χ0v) is 15.0. The van der Waals surface area contributed by atoms with Gasteiger partial charge in [0.15, 0.2) is 5.58 Å². The van der Waals surface area contributed by atoms with Gasteiger partial charge >= 0.3 is 5.97 Å². The topological polar surface area (TPSA) is 78.1 Å². The Balaban J connectivity index is 1.66. The number of furan rings is 1. The van der Waals surface area contributed by atoms with Crippen molar-refractivity contribution in [2.75, 3.05) is 7.11 Å². The molecule has 27 heavy (non-hydrogen) atoms. The lowest BCUT2D eigenvalue weighted by Gasteiger charge is -2.07. The smallest absolute Gasteiger partial charge is 0.356 e. The largest absolute Gasteiger partial charge is 0.464 e. The van der Waals surface area contributed by atoms with Crippen LogP contribution in [-0.2, 0) is 11.2 Å². The minimum Gasteiger partial charge on any atom is -0.464 e. The summed E-state index contributed by atoms with van der Waals surface area (Å²) < 4.78 is 10.4. The van der Waals surface area contributed by atoms with Gasteiger partial charge in [0, 0.05) is 29.8 Å². The Bertz CT molecular complexity index is 1120. The van der Waals surface area contributed by atoms with Crippen molar-refractivity contribution < 1.29 is 13.9 Å². The maximum Gasteiger partial charge on any atom is 0.356 e. The van der Waals surface area contributed by atoms with Crippen molar-refractivity contribution in [2.45, 2.75) is 13.3 Å². The molecule has 0 amide bonds. The van der Waals surface area contributed by atoms with Crippen LogP contribution >= 0.6 is 0 Å². The van der Waals surface area contributed by atoms with Crippen molar-refractivity contribution in [1.82, 2.24) is 15.0 Å². The molecule has 6 heteroatoms. The first-order valence-electron chi connectivity index (χ1n) is 8.48. The summed E-state index contributed by atoms with van der Waals surface area (Å²) in [6.45, 7) is 1.87. The number of benzene rings is 1. The Hall–Kier alpha value is -3.54. The van der Waals surface area contributed by atoms with Gasteiger partial charge in [0.1, 0.15) is 17.0 Å². The van der Waals surface area contributed by atoms with Crippen LogP contribution in [0.15, 0.2) is 59.3 Å². The Morgan fingerprint density at radius 1 is 1.11 bits per heavy atom. The van der Waals surface area contributed by atoms with Gasteiger partial charge in [-0.1, -0.05) is 24.3 Å². The van der Waals surface area contributed by atoms with Gasteiger partial charge in [0.05, 0.1) is 19.1 Å². The minimum atomic E-state index is -0.464. The molecule has 0 N–H and O–H groups in total. The molecule has 134 valence electrons. The van der Waals surface area contributed by atoms with E-state index >= 15 is 0 Å². The van der Waals surface area contributed by atoms with Crippen molar-refractivity contribution in [3.05, 3.63) is 77.6 Å². The van der Waals surface area contributed by atoms with Gasteiger partial charge in [0.2, 0.25) is 0 Å². The predicted molar refractivity (Wildman–Crippen MR) is 100 cm³/mol. The van der Waals surface area contributed by atoms with Crippen LogP contribution in [0.3, 0.4) is 0 Å². The quantitative estimate of drug-likeness (QED) is 0.513. The molecule has 3 heterocycles. The third-order valence-electron chi connectivity index (χ3n) is 4.30. The zero-order valence-electron chi connectivity index (χ0n) is 15.0. The summed E-state index contributed by atoms with van der Waals surface area (Å²) in [5, 5.41) is 0. The summed E-state index contributed by atoms with van der Waals surface area (Å²) in [5.74, 6) is 0.276. The molecule has 0 bridgehead atoms. The fourth-order valence-electron chi connectivity index (χ4n) is 2.99. The van der Waals surface area contributed by atoms with E-state index < -0.39 is 5.97 Å². The van der Waals surface area contributed by atoms with Crippen molar-refractivity contribution in [1.29, 1.82) is 0 Å². The molecule has 0 aliphatic carbocycles. The van der Waals surface area contributed by atoms with Crippen molar-refractivity contribution in [3.63, 3.8) is 0 Å². The number of esters is 1. The summed E-state index contributed by atoms with van der Waals surface area (Å²) in [4.78, 5) is 24.7. The predicted octanol–water partition coefficient (Wildman–Crippen LogP) is 3.97. The van der Waals surface area contributed by atoms with Crippen LogP contribution in [-0.4, -0.2) is 28.0 Å². The molecule has 0 spiro atoms. The molecule has 0 saturated heterocycles. The summed E-state index contributed by atoms with van der Waals surface area (Å²) in [7, 11) is 1.34. The first-order chi connectivity index (χ1) is 13.1. The Labute approximate surface area is 155 Å². The van der Waals surface area contributed by atoms with Crippen molar-refractivity contribution in [2.24, 2.45) is 0 Å². The summed E-state index contributed by atoms with van der Waals surface area (Å²) >= 11 is 0. The van der Waals surface area contributed by atoms with Crippen molar-refractivity contribution >= 4 is 17.1 Å². The highest BCUT2D eigenvalue weighted by Crippen LogP contribution is 2.24. The zero-order chi connectivity index (χ0) is 18.8. The maximum absolute atomic E-state index is 11.9. The highest BCUT2D eigenvalue weighted by Gasteiger charge is 2.15. The standard InChI is InChI=1S/C21H17N3O3/c1-13-22-9-7-17(23-13)15-5-3-14(4-6-15)11-16-12-19(21(25)26-2)24-18-8-10-27-20(16)18/h3-10,12H,11H2,1-2H3. The summed E-state index contributed by atoms with van der Waals surface area (Å²) in [6.07, 6.45) is 3.94. The maximum atomic E-state index is 11.9. The highest BCUT2D eigenvalue weighted by molar-refractivity contribution is 5.91. The van der Waals surface area contributed by atoms with Crippen LogP contribution in [0.4, 0.5) is 0 Å². The number of hydrogen-bond donors (Lipinski definition) is 0. The summed E-state index contributed by atoms with van der Waals surface area (Å²) in [6, 6.07) is 13.5. The van der Waals surface area contributed by atoms with E-state index in [4.69, 9.17) is 9.15 Å². The second kappa shape index (κ2) is 6.99.